The molecule has 0 unspecified atom stereocenters. The molecule has 0 aliphatic carbocycles. The Hall–Kier alpha value is -2.60. The highest BCUT2D eigenvalue weighted by atomic mass is 35.5. The van der Waals surface area contributed by atoms with E-state index < -0.39 is 0 Å². The van der Waals surface area contributed by atoms with Gasteiger partial charge in [0, 0.05) is 27.4 Å². The molecule has 0 aliphatic heterocycles. The standard InChI is InChI=1S/C22H18Cl2N2O2S/c1-13-3-4-18(9-14(13)2)25-22(29)26-21(27)8-6-19-5-7-20(28-19)15-10-16(23)12-17(24)11-15/h3-12H,1-2H3,(H2,25,26,27,29)/b8-6+. The molecular formula is C22H18Cl2N2O2S. The summed E-state index contributed by atoms with van der Waals surface area (Å²) in [6, 6.07) is 14.6. The van der Waals surface area contributed by atoms with Crippen molar-refractivity contribution in [2.75, 3.05) is 5.32 Å². The van der Waals surface area contributed by atoms with Crippen LogP contribution in [0.1, 0.15) is 16.9 Å². The normalized spacial score (nSPS) is 10.9. The van der Waals surface area contributed by atoms with Crippen molar-refractivity contribution in [2.45, 2.75) is 13.8 Å². The van der Waals surface area contributed by atoms with Gasteiger partial charge in [-0.05, 0) is 85.7 Å². The molecule has 2 aromatic carbocycles. The van der Waals surface area contributed by atoms with E-state index in [0.29, 0.717) is 21.6 Å². The van der Waals surface area contributed by atoms with Crippen molar-refractivity contribution in [1.29, 1.82) is 0 Å². The summed E-state index contributed by atoms with van der Waals surface area (Å²) in [5, 5.41) is 6.85. The number of hydrogen-bond donors (Lipinski definition) is 2. The summed E-state index contributed by atoms with van der Waals surface area (Å²) < 4.78 is 5.72. The summed E-state index contributed by atoms with van der Waals surface area (Å²) in [7, 11) is 0. The van der Waals surface area contributed by atoms with E-state index >= 15 is 0 Å². The van der Waals surface area contributed by atoms with E-state index in [4.69, 9.17) is 39.8 Å². The van der Waals surface area contributed by atoms with Gasteiger partial charge in [-0.25, -0.2) is 0 Å². The summed E-state index contributed by atoms with van der Waals surface area (Å²) >= 11 is 17.2. The molecule has 3 rings (SSSR count). The molecule has 1 heterocycles. The fourth-order valence-electron chi connectivity index (χ4n) is 2.59. The smallest absolute Gasteiger partial charge is 0.250 e. The molecule has 29 heavy (non-hydrogen) atoms. The second-order valence-electron chi connectivity index (χ2n) is 6.44. The molecular weight excluding hydrogens is 427 g/mol. The molecule has 148 valence electrons. The molecule has 0 saturated carbocycles. The monoisotopic (exact) mass is 444 g/mol. The molecule has 0 fully saturated rings. The van der Waals surface area contributed by atoms with Gasteiger partial charge >= 0.3 is 0 Å². The number of thiocarbonyl (C=S) groups is 1. The summed E-state index contributed by atoms with van der Waals surface area (Å²) in [5.74, 6) is 0.746. The number of halogens is 2. The first-order chi connectivity index (χ1) is 13.8. The first-order valence-corrected chi connectivity index (χ1v) is 9.90. The van der Waals surface area contributed by atoms with Crippen LogP contribution < -0.4 is 10.6 Å². The first kappa shape index (κ1) is 21.1. The van der Waals surface area contributed by atoms with Crippen LogP contribution >= 0.6 is 35.4 Å². The molecule has 4 nitrogen and oxygen atoms in total. The lowest BCUT2D eigenvalue weighted by Crippen LogP contribution is -2.32. The zero-order valence-electron chi connectivity index (χ0n) is 15.8. The van der Waals surface area contributed by atoms with Crippen LogP contribution in [0.15, 0.2) is 59.0 Å². The highest BCUT2D eigenvalue weighted by Gasteiger charge is 2.07. The van der Waals surface area contributed by atoms with E-state index in [1.54, 1.807) is 36.4 Å². The molecule has 0 saturated heterocycles. The van der Waals surface area contributed by atoms with Gasteiger partial charge in [0.05, 0.1) is 0 Å². The molecule has 0 aliphatic rings. The van der Waals surface area contributed by atoms with Gasteiger partial charge in [0.2, 0.25) is 5.91 Å². The lowest BCUT2D eigenvalue weighted by Gasteiger charge is -2.09. The zero-order valence-corrected chi connectivity index (χ0v) is 18.1. The Balaban J connectivity index is 1.59. The van der Waals surface area contributed by atoms with Crippen LogP contribution in [-0.2, 0) is 4.79 Å². The number of carbonyl (C=O) groups excluding carboxylic acids is 1. The van der Waals surface area contributed by atoms with E-state index in [9.17, 15) is 4.79 Å². The van der Waals surface area contributed by atoms with Crippen molar-refractivity contribution < 1.29 is 9.21 Å². The average Bonchev–Trinajstić information content (AvgIpc) is 3.11. The molecule has 1 aromatic heterocycles. The van der Waals surface area contributed by atoms with Gasteiger partial charge in [-0.2, -0.15) is 0 Å². The van der Waals surface area contributed by atoms with Crippen LogP contribution in [-0.4, -0.2) is 11.0 Å². The lowest BCUT2D eigenvalue weighted by molar-refractivity contribution is -0.115. The Kier molecular flexibility index (Phi) is 6.75. The molecule has 0 spiro atoms. The maximum atomic E-state index is 12.1. The largest absolute Gasteiger partial charge is 0.457 e. The quantitative estimate of drug-likeness (QED) is 0.361. The van der Waals surface area contributed by atoms with E-state index in [0.717, 1.165) is 16.8 Å². The van der Waals surface area contributed by atoms with Crippen LogP contribution in [0.2, 0.25) is 10.0 Å². The molecule has 3 aromatic rings. The third-order valence-electron chi connectivity index (χ3n) is 4.17. The predicted octanol–water partition coefficient (Wildman–Crippen LogP) is 6.40. The van der Waals surface area contributed by atoms with Crippen molar-refractivity contribution in [1.82, 2.24) is 5.32 Å². The van der Waals surface area contributed by atoms with Gasteiger partial charge in [0.1, 0.15) is 11.5 Å². The highest BCUT2D eigenvalue weighted by Crippen LogP contribution is 2.28. The Bertz CT molecular complexity index is 1090. The number of amides is 1. The Morgan fingerprint density at radius 2 is 1.72 bits per heavy atom. The molecule has 0 bridgehead atoms. The number of benzene rings is 2. The fraction of sp³-hybridized carbons (Fsp3) is 0.0909. The zero-order chi connectivity index (χ0) is 21.0. The lowest BCUT2D eigenvalue weighted by atomic mass is 10.1. The average molecular weight is 445 g/mol. The molecule has 0 atom stereocenters. The van der Waals surface area contributed by atoms with Crippen LogP contribution in [0.5, 0.6) is 0 Å². The van der Waals surface area contributed by atoms with E-state index in [1.807, 2.05) is 32.0 Å². The molecule has 2 N–H and O–H groups in total. The summed E-state index contributed by atoms with van der Waals surface area (Å²) in [5.41, 5.74) is 3.90. The highest BCUT2D eigenvalue weighted by molar-refractivity contribution is 7.80. The summed E-state index contributed by atoms with van der Waals surface area (Å²) in [4.78, 5) is 12.1. The Morgan fingerprint density at radius 3 is 2.41 bits per heavy atom. The number of carbonyl (C=O) groups is 1. The fourth-order valence-corrected chi connectivity index (χ4v) is 3.33. The van der Waals surface area contributed by atoms with E-state index in [1.165, 1.54) is 11.6 Å². The van der Waals surface area contributed by atoms with Gasteiger partial charge in [0.25, 0.3) is 0 Å². The Morgan fingerprint density at radius 1 is 1.00 bits per heavy atom. The van der Waals surface area contributed by atoms with Crippen molar-refractivity contribution >= 4 is 58.2 Å². The van der Waals surface area contributed by atoms with Crippen molar-refractivity contribution in [3.05, 3.63) is 81.5 Å². The maximum absolute atomic E-state index is 12.1. The van der Waals surface area contributed by atoms with Crippen molar-refractivity contribution in [3.8, 4) is 11.3 Å². The third-order valence-corrected chi connectivity index (χ3v) is 4.81. The van der Waals surface area contributed by atoms with Crippen LogP contribution in [0.25, 0.3) is 17.4 Å². The number of rotatable bonds is 4. The van der Waals surface area contributed by atoms with Crippen molar-refractivity contribution in [2.24, 2.45) is 0 Å². The minimum atomic E-state index is -0.366. The van der Waals surface area contributed by atoms with Crippen LogP contribution in [0, 0.1) is 13.8 Å². The number of aryl methyl sites for hydroxylation is 2. The molecule has 0 radical (unpaired) electrons. The maximum Gasteiger partial charge on any atom is 0.250 e. The van der Waals surface area contributed by atoms with Gasteiger partial charge in [-0.3, -0.25) is 10.1 Å². The number of furan rings is 1. The number of anilines is 1. The third kappa shape index (κ3) is 5.94. The van der Waals surface area contributed by atoms with E-state index in [-0.39, 0.29) is 11.0 Å². The molecule has 1 amide bonds. The van der Waals surface area contributed by atoms with Gasteiger partial charge < -0.3 is 9.73 Å². The predicted molar refractivity (Wildman–Crippen MR) is 123 cm³/mol. The molecule has 7 heteroatoms. The second kappa shape index (κ2) is 9.27. The summed E-state index contributed by atoms with van der Waals surface area (Å²) in [6.45, 7) is 4.05. The minimum absolute atomic E-state index is 0.219. The second-order valence-corrected chi connectivity index (χ2v) is 7.72. The topological polar surface area (TPSA) is 54.3 Å². The van der Waals surface area contributed by atoms with Crippen LogP contribution in [0.3, 0.4) is 0 Å². The summed E-state index contributed by atoms with van der Waals surface area (Å²) in [6.07, 6.45) is 2.91. The van der Waals surface area contributed by atoms with Gasteiger partial charge in [-0.1, -0.05) is 29.3 Å². The van der Waals surface area contributed by atoms with Gasteiger partial charge in [-0.15, -0.1) is 0 Å². The van der Waals surface area contributed by atoms with Crippen LogP contribution in [0.4, 0.5) is 5.69 Å². The van der Waals surface area contributed by atoms with Crippen molar-refractivity contribution in [3.63, 3.8) is 0 Å². The number of hydrogen-bond acceptors (Lipinski definition) is 3. The van der Waals surface area contributed by atoms with Gasteiger partial charge in [0.15, 0.2) is 5.11 Å². The number of nitrogens with one attached hydrogen (secondary N) is 2. The first-order valence-electron chi connectivity index (χ1n) is 8.74. The van der Waals surface area contributed by atoms with E-state index in [2.05, 4.69) is 10.6 Å². The SMILES string of the molecule is Cc1ccc(NC(=S)NC(=O)/C=C/c2ccc(-c3cc(Cl)cc(Cl)c3)o2)cc1C. The minimum Gasteiger partial charge on any atom is -0.457 e. The Labute approximate surface area is 184 Å².